The van der Waals surface area contributed by atoms with Crippen LogP contribution in [0.25, 0.3) is 11.0 Å². The van der Waals surface area contributed by atoms with E-state index in [9.17, 15) is 9.90 Å². The summed E-state index contributed by atoms with van der Waals surface area (Å²) in [6.45, 7) is 7.48. The summed E-state index contributed by atoms with van der Waals surface area (Å²) in [5, 5.41) is 21.6. The minimum absolute atomic E-state index is 0.00657. The van der Waals surface area contributed by atoms with E-state index in [2.05, 4.69) is 31.6 Å². The number of nitrogens with one attached hydrogen (secondary N) is 2. The SMILES string of the molecule is C#CCOCCOCCOCCOCCNCC(=O)C[C@@H](Nc1nc(Cl)nc2c1cnn2[C@@H]1O[C@H](CO)[C@H]2OC(C)(C)O[C@H]21)c1ccccc1. The van der Waals surface area contributed by atoms with Crippen LogP contribution >= 0.6 is 11.6 Å². The fourth-order valence-corrected chi connectivity index (χ4v) is 5.93. The maximum atomic E-state index is 13.1. The van der Waals surface area contributed by atoms with E-state index in [0.717, 1.165) is 5.56 Å². The number of fused-ring (bicyclic) bond motifs is 2. The lowest BCUT2D eigenvalue weighted by Crippen LogP contribution is -2.31. The van der Waals surface area contributed by atoms with Crippen molar-refractivity contribution in [2.45, 2.75) is 56.6 Å². The number of carbonyl (C=O) groups is 1. The molecular weight excluding hydrogens is 672 g/mol. The lowest BCUT2D eigenvalue weighted by molar-refractivity contribution is -0.201. The molecule has 0 saturated carbocycles. The third kappa shape index (κ3) is 10.4. The minimum atomic E-state index is -0.852. The second-order valence-corrected chi connectivity index (χ2v) is 12.4. The fraction of sp³-hybridized carbons (Fsp3) is 0.588. The van der Waals surface area contributed by atoms with Crippen molar-refractivity contribution >= 4 is 34.2 Å². The number of ketones is 1. The zero-order valence-electron chi connectivity index (χ0n) is 28.3. The van der Waals surface area contributed by atoms with Crippen LogP contribution in [0.5, 0.6) is 0 Å². The van der Waals surface area contributed by atoms with Crippen molar-refractivity contribution < 1.29 is 43.1 Å². The van der Waals surface area contributed by atoms with Crippen molar-refractivity contribution in [1.82, 2.24) is 25.1 Å². The third-order valence-electron chi connectivity index (χ3n) is 7.96. The Morgan fingerprint density at radius 2 is 1.72 bits per heavy atom. The van der Waals surface area contributed by atoms with Gasteiger partial charge < -0.3 is 48.9 Å². The number of terminal acetylenes is 1. The first-order valence-electron chi connectivity index (χ1n) is 16.6. The molecule has 2 aliphatic heterocycles. The summed E-state index contributed by atoms with van der Waals surface area (Å²) in [5.74, 6) is 1.95. The first kappa shape index (κ1) is 38.0. The smallest absolute Gasteiger partial charge is 0.226 e. The molecular formula is C34H45ClN6O9. The normalized spacial score (nSPS) is 21.7. The molecule has 272 valence electrons. The largest absolute Gasteiger partial charge is 0.394 e. The Morgan fingerprint density at radius 3 is 2.42 bits per heavy atom. The van der Waals surface area contributed by atoms with Crippen LogP contribution in [0.2, 0.25) is 5.28 Å². The molecule has 2 aliphatic rings. The highest BCUT2D eigenvalue weighted by atomic mass is 35.5. The predicted molar refractivity (Wildman–Crippen MR) is 183 cm³/mol. The number of aliphatic hydroxyl groups excluding tert-OH is 1. The summed E-state index contributed by atoms with van der Waals surface area (Å²) in [6.07, 6.45) is 4.57. The van der Waals surface area contributed by atoms with Crippen LogP contribution in [0.15, 0.2) is 36.5 Å². The van der Waals surface area contributed by atoms with Crippen molar-refractivity contribution in [3.8, 4) is 12.3 Å². The van der Waals surface area contributed by atoms with E-state index in [1.54, 1.807) is 10.9 Å². The monoisotopic (exact) mass is 716 g/mol. The number of Topliss-reactive ketones (excluding diaryl/α,β-unsaturated/α-hetero) is 1. The zero-order chi connectivity index (χ0) is 35.3. The summed E-state index contributed by atoms with van der Waals surface area (Å²) < 4.78 is 41.4. The highest BCUT2D eigenvalue weighted by Gasteiger charge is 2.56. The van der Waals surface area contributed by atoms with E-state index in [0.29, 0.717) is 69.6 Å². The van der Waals surface area contributed by atoms with Gasteiger partial charge in [-0.2, -0.15) is 15.1 Å². The van der Waals surface area contributed by atoms with Crippen LogP contribution in [0.3, 0.4) is 0 Å². The van der Waals surface area contributed by atoms with Gasteiger partial charge in [-0.1, -0.05) is 36.3 Å². The molecule has 5 atom stereocenters. The van der Waals surface area contributed by atoms with Gasteiger partial charge in [0.25, 0.3) is 0 Å². The van der Waals surface area contributed by atoms with Gasteiger partial charge in [0.2, 0.25) is 5.28 Å². The summed E-state index contributed by atoms with van der Waals surface area (Å²) in [4.78, 5) is 22.1. The number of nitrogens with zero attached hydrogens (tertiary/aromatic N) is 4. The van der Waals surface area contributed by atoms with Crippen LogP contribution in [-0.2, 0) is 38.0 Å². The van der Waals surface area contributed by atoms with Gasteiger partial charge in [-0.25, -0.2) is 4.68 Å². The Kier molecular flexibility index (Phi) is 14.3. The van der Waals surface area contributed by atoms with E-state index in [1.807, 2.05) is 44.2 Å². The van der Waals surface area contributed by atoms with Gasteiger partial charge in [0, 0.05) is 13.0 Å². The zero-order valence-corrected chi connectivity index (χ0v) is 29.0. The maximum Gasteiger partial charge on any atom is 0.226 e. The Hall–Kier alpha value is -3.27. The fourth-order valence-electron chi connectivity index (χ4n) is 5.76. The third-order valence-corrected chi connectivity index (χ3v) is 8.13. The lowest BCUT2D eigenvalue weighted by atomic mass is 10.0. The number of anilines is 1. The molecule has 0 aliphatic carbocycles. The maximum absolute atomic E-state index is 13.1. The standard InChI is InChI=1S/C34H45ClN6O9/c1-4-11-44-13-15-46-17-18-47-16-14-45-12-10-36-20-24(43)19-26(23-8-6-5-7-9-23)38-30-25-21-37-41(31(25)40-33(35)39-30)32-29-28(27(22-42)48-32)49-34(2,3)50-29/h1,5-9,21,26-29,32,36,42H,10-20,22H2,2-3H3,(H,38,39,40)/t26-,27-,28-,29-,32-/m1/s1. The van der Waals surface area contributed by atoms with Crippen LogP contribution < -0.4 is 10.6 Å². The molecule has 0 radical (unpaired) electrons. The van der Waals surface area contributed by atoms with E-state index in [1.165, 1.54) is 0 Å². The van der Waals surface area contributed by atoms with E-state index in [-0.39, 0.29) is 37.2 Å². The summed E-state index contributed by atoms with van der Waals surface area (Å²) in [6, 6.07) is 9.21. The molecule has 2 fully saturated rings. The molecule has 3 N–H and O–H groups in total. The average molecular weight is 717 g/mol. The Balaban J connectivity index is 1.12. The van der Waals surface area contributed by atoms with Gasteiger partial charge in [-0.3, -0.25) is 4.79 Å². The second kappa shape index (κ2) is 18.8. The molecule has 2 aromatic heterocycles. The molecule has 3 aromatic rings. The van der Waals surface area contributed by atoms with Gasteiger partial charge in [-0.15, -0.1) is 6.42 Å². The Bertz CT molecular complexity index is 1560. The number of hydrogen-bond acceptors (Lipinski definition) is 14. The van der Waals surface area contributed by atoms with Gasteiger partial charge in [-0.05, 0) is 31.0 Å². The number of aromatic nitrogens is 4. The van der Waals surface area contributed by atoms with Crippen LogP contribution in [0.1, 0.15) is 38.1 Å². The molecule has 0 amide bonds. The van der Waals surface area contributed by atoms with Crippen molar-refractivity contribution in [3.05, 3.63) is 47.4 Å². The molecule has 0 spiro atoms. The number of aliphatic hydroxyl groups is 1. The summed E-state index contributed by atoms with van der Waals surface area (Å²) in [5.41, 5.74) is 1.30. The lowest BCUT2D eigenvalue weighted by Gasteiger charge is -2.24. The van der Waals surface area contributed by atoms with Crippen molar-refractivity contribution in [3.63, 3.8) is 0 Å². The van der Waals surface area contributed by atoms with Crippen molar-refractivity contribution in [1.29, 1.82) is 0 Å². The van der Waals surface area contributed by atoms with Gasteiger partial charge in [0.1, 0.15) is 36.5 Å². The quantitative estimate of drug-likeness (QED) is 0.0787. The average Bonchev–Trinajstić information content (AvgIpc) is 3.76. The molecule has 2 saturated heterocycles. The topological polar surface area (TPSA) is 170 Å². The minimum Gasteiger partial charge on any atom is -0.394 e. The highest BCUT2D eigenvalue weighted by molar-refractivity contribution is 6.28. The van der Waals surface area contributed by atoms with E-state index in [4.69, 9.17) is 51.2 Å². The number of carbonyl (C=O) groups excluding carboxylic acids is 1. The molecule has 0 unspecified atom stereocenters. The summed E-state index contributed by atoms with van der Waals surface area (Å²) >= 11 is 6.43. The van der Waals surface area contributed by atoms with Crippen molar-refractivity contribution in [2.24, 2.45) is 0 Å². The van der Waals surface area contributed by atoms with Crippen LogP contribution in [0.4, 0.5) is 5.82 Å². The molecule has 16 heteroatoms. The van der Waals surface area contributed by atoms with E-state index < -0.39 is 36.4 Å². The highest BCUT2D eigenvalue weighted by Crippen LogP contribution is 2.43. The molecule has 4 heterocycles. The molecule has 1 aromatic carbocycles. The first-order valence-corrected chi connectivity index (χ1v) is 17.0. The molecule has 5 rings (SSSR count). The van der Waals surface area contributed by atoms with Crippen molar-refractivity contribution in [2.75, 3.05) is 77.9 Å². The molecule has 0 bridgehead atoms. The Morgan fingerprint density at radius 1 is 1.04 bits per heavy atom. The second-order valence-electron chi connectivity index (χ2n) is 12.1. The number of ether oxygens (including phenoxy) is 7. The number of hydrogen-bond donors (Lipinski definition) is 3. The molecule has 50 heavy (non-hydrogen) atoms. The molecule has 15 nitrogen and oxygen atoms in total. The first-order chi connectivity index (χ1) is 24.3. The predicted octanol–water partition coefficient (Wildman–Crippen LogP) is 2.29. The number of rotatable bonds is 22. The van der Waals surface area contributed by atoms with Gasteiger partial charge >= 0.3 is 0 Å². The number of benzene rings is 1. The summed E-state index contributed by atoms with van der Waals surface area (Å²) in [7, 11) is 0. The van der Waals surface area contributed by atoms with Gasteiger partial charge in [0.05, 0.1) is 77.0 Å². The number of halogens is 1. The van der Waals surface area contributed by atoms with E-state index >= 15 is 0 Å². The van der Waals surface area contributed by atoms with Crippen LogP contribution in [0, 0.1) is 12.3 Å². The van der Waals surface area contributed by atoms with Crippen LogP contribution in [-0.4, -0.2) is 127 Å². The Labute approximate surface area is 296 Å². The van der Waals surface area contributed by atoms with Gasteiger partial charge in [0.15, 0.2) is 17.7 Å².